The van der Waals surface area contributed by atoms with Gasteiger partial charge in [-0.25, -0.2) is 18.2 Å². The lowest BCUT2D eigenvalue weighted by Gasteiger charge is -2.11. The number of carbonyl (C=O) groups is 2. The molecule has 2 fully saturated rings. The molecule has 34 heavy (non-hydrogen) atoms. The number of amides is 1. The Hall–Kier alpha value is -2.79. The van der Waals surface area contributed by atoms with Gasteiger partial charge in [0.15, 0.2) is 20.7 Å². The van der Waals surface area contributed by atoms with Crippen molar-refractivity contribution in [3.8, 4) is 0 Å². The molecule has 9 nitrogen and oxygen atoms in total. The maximum Gasteiger partial charge on any atom is 0.350 e. The molecule has 2 saturated carbocycles. The summed E-state index contributed by atoms with van der Waals surface area (Å²) in [7, 11) is -3.34. The third-order valence-corrected chi connectivity index (χ3v) is 9.04. The Morgan fingerprint density at radius 3 is 2.44 bits per heavy atom. The minimum atomic E-state index is -3.34. The number of aryl methyl sites for hydroxylation is 1. The first-order valence-corrected chi connectivity index (χ1v) is 13.7. The molecular weight excluding hydrogens is 478 g/mol. The second-order valence-electron chi connectivity index (χ2n) is 8.33. The van der Waals surface area contributed by atoms with Gasteiger partial charge in [0.2, 0.25) is 0 Å². The topological polar surface area (TPSA) is 124 Å². The van der Waals surface area contributed by atoms with Crippen LogP contribution in [0.4, 0.5) is 5.13 Å². The van der Waals surface area contributed by atoms with Crippen molar-refractivity contribution in [1.82, 2.24) is 4.98 Å². The Morgan fingerprint density at radius 1 is 1.15 bits per heavy atom. The molecule has 0 aliphatic heterocycles. The van der Waals surface area contributed by atoms with Gasteiger partial charge in [-0.1, -0.05) is 28.6 Å². The number of anilines is 1. The van der Waals surface area contributed by atoms with Crippen molar-refractivity contribution in [3.05, 3.63) is 40.4 Å². The zero-order chi connectivity index (χ0) is 24.3. The van der Waals surface area contributed by atoms with Crippen LogP contribution in [0.5, 0.6) is 0 Å². The average Bonchev–Trinajstić information content (AvgIpc) is 3.44. The Labute approximate surface area is 202 Å². The number of hydrogen-bond donors (Lipinski definition) is 1. The molecule has 2 aliphatic rings. The molecule has 0 bridgehead atoms. The highest BCUT2D eigenvalue weighted by molar-refractivity contribution is 7.92. The molecule has 0 spiro atoms. The summed E-state index contributed by atoms with van der Waals surface area (Å²) in [6.07, 6.45) is 5.12. The van der Waals surface area contributed by atoms with E-state index in [0.29, 0.717) is 29.0 Å². The maximum atomic E-state index is 13.1. The summed E-state index contributed by atoms with van der Waals surface area (Å²) in [4.78, 5) is 35.7. The smallest absolute Gasteiger partial charge is 0.350 e. The number of esters is 1. The van der Waals surface area contributed by atoms with Crippen molar-refractivity contribution in [2.75, 3.05) is 11.9 Å². The fourth-order valence-electron chi connectivity index (χ4n) is 3.71. The van der Waals surface area contributed by atoms with Crippen molar-refractivity contribution in [1.29, 1.82) is 0 Å². The number of ether oxygens (including phenoxy) is 1. The van der Waals surface area contributed by atoms with Gasteiger partial charge in [-0.05, 0) is 64.5 Å². The Kier molecular flexibility index (Phi) is 7.32. The van der Waals surface area contributed by atoms with Crippen LogP contribution in [0.3, 0.4) is 0 Å². The predicted molar refractivity (Wildman–Crippen MR) is 128 cm³/mol. The summed E-state index contributed by atoms with van der Waals surface area (Å²) in [5.41, 5.74) is 0.881. The Morgan fingerprint density at radius 2 is 1.82 bits per heavy atom. The number of hydrogen-bond acceptors (Lipinski definition) is 9. The van der Waals surface area contributed by atoms with Gasteiger partial charge in [0.25, 0.3) is 5.91 Å². The number of benzene rings is 1. The molecule has 1 N–H and O–H groups in total. The van der Waals surface area contributed by atoms with Crippen molar-refractivity contribution in [2.24, 2.45) is 5.16 Å². The standard InChI is InChI=1S/C23H27N3O6S2/c1-3-31-22(28)20-14(2)24-23(33-20)25-21(27)19(26-32-16-6-4-5-7-16)15-8-10-17(11-9-15)34(29,30)18-12-13-18/h8-11,16,18H,3-7,12-13H2,1-2H3,(H,24,25,27)/b26-19+. The molecule has 1 amide bonds. The fourth-order valence-corrected chi connectivity index (χ4v) is 6.22. The number of nitrogens with one attached hydrogen (secondary N) is 1. The molecule has 2 aromatic rings. The van der Waals surface area contributed by atoms with Crippen LogP contribution in [-0.2, 0) is 24.2 Å². The highest BCUT2D eigenvalue weighted by atomic mass is 32.2. The minimum absolute atomic E-state index is 0.00723. The van der Waals surface area contributed by atoms with E-state index < -0.39 is 21.7 Å². The van der Waals surface area contributed by atoms with Crippen LogP contribution in [0, 0.1) is 6.92 Å². The molecule has 1 heterocycles. The zero-order valence-electron chi connectivity index (χ0n) is 19.1. The first-order chi connectivity index (χ1) is 16.3. The third kappa shape index (κ3) is 5.47. The molecular formula is C23H27N3O6S2. The number of rotatable bonds is 9. The summed E-state index contributed by atoms with van der Waals surface area (Å²) >= 11 is 1.02. The summed E-state index contributed by atoms with van der Waals surface area (Å²) in [6, 6.07) is 6.10. The summed E-state index contributed by atoms with van der Waals surface area (Å²) < 4.78 is 30.0. The van der Waals surface area contributed by atoms with Gasteiger partial charge >= 0.3 is 5.97 Å². The van der Waals surface area contributed by atoms with E-state index in [0.717, 1.165) is 37.0 Å². The van der Waals surface area contributed by atoms with E-state index in [9.17, 15) is 18.0 Å². The second kappa shape index (κ2) is 10.2. The maximum absolute atomic E-state index is 13.1. The van der Waals surface area contributed by atoms with Crippen molar-refractivity contribution < 1.29 is 27.6 Å². The quantitative estimate of drug-likeness (QED) is 0.312. The molecule has 0 saturated heterocycles. The van der Waals surface area contributed by atoms with E-state index in [1.807, 2.05) is 0 Å². The fraction of sp³-hybridized carbons (Fsp3) is 0.478. The molecule has 11 heteroatoms. The number of aromatic nitrogens is 1. The first-order valence-electron chi connectivity index (χ1n) is 11.3. The summed E-state index contributed by atoms with van der Waals surface area (Å²) in [6.45, 7) is 3.61. The van der Waals surface area contributed by atoms with Gasteiger partial charge in [-0.2, -0.15) is 0 Å². The normalized spacial score (nSPS) is 16.9. The van der Waals surface area contributed by atoms with Crippen LogP contribution in [0.1, 0.15) is 66.4 Å². The SMILES string of the molecule is CCOC(=O)c1sc(NC(=O)/C(=N/OC2CCCC2)c2ccc(S(=O)(=O)C3CC3)cc2)nc1C. The van der Waals surface area contributed by atoms with Gasteiger partial charge in [-0.3, -0.25) is 10.1 Å². The van der Waals surface area contributed by atoms with Crippen molar-refractivity contribution >= 4 is 43.9 Å². The zero-order valence-corrected chi connectivity index (χ0v) is 20.7. The minimum Gasteiger partial charge on any atom is -0.462 e. The lowest BCUT2D eigenvalue weighted by atomic mass is 10.1. The molecule has 4 rings (SSSR count). The van der Waals surface area contributed by atoms with E-state index in [2.05, 4.69) is 15.5 Å². The van der Waals surface area contributed by atoms with Gasteiger partial charge in [0, 0.05) is 5.56 Å². The number of thiazole rings is 1. The molecule has 1 aromatic heterocycles. The van der Waals surface area contributed by atoms with E-state index in [4.69, 9.17) is 9.57 Å². The summed E-state index contributed by atoms with van der Waals surface area (Å²) in [5, 5.41) is 6.74. The Bertz CT molecular complexity index is 1190. The second-order valence-corrected chi connectivity index (χ2v) is 11.6. The van der Waals surface area contributed by atoms with Crippen LogP contribution >= 0.6 is 11.3 Å². The van der Waals surface area contributed by atoms with E-state index in [1.54, 1.807) is 26.0 Å². The highest BCUT2D eigenvalue weighted by Gasteiger charge is 2.36. The molecule has 2 aliphatic carbocycles. The highest BCUT2D eigenvalue weighted by Crippen LogP contribution is 2.33. The average molecular weight is 506 g/mol. The van der Waals surface area contributed by atoms with E-state index in [1.165, 1.54) is 12.1 Å². The van der Waals surface area contributed by atoms with Crippen LogP contribution in [0.2, 0.25) is 0 Å². The van der Waals surface area contributed by atoms with Crippen LogP contribution < -0.4 is 5.32 Å². The molecule has 1 aromatic carbocycles. The third-order valence-electron chi connectivity index (χ3n) is 5.71. The number of sulfone groups is 1. The van der Waals surface area contributed by atoms with Gasteiger partial charge in [0.1, 0.15) is 11.0 Å². The summed E-state index contributed by atoms with van der Waals surface area (Å²) in [5.74, 6) is -1.07. The first kappa shape index (κ1) is 24.3. The van der Waals surface area contributed by atoms with Gasteiger partial charge in [0.05, 0.1) is 22.4 Å². The lowest BCUT2D eigenvalue weighted by molar-refractivity contribution is -0.110. The molecule has 0 atom stereocenters. The van der Waals surface area contributed by atoms with Crippen molar-refractivity contribution in [2.45, 2.75) is 68.6 Å². The van der Waals surface area contributed by atoms with E-state index >= 15 is 0 Å². The van der Waals surface area contributed by atoms with Crippen molar-refractivity contribution in [3.63, 3.8) is 0 Å². The molecule has 0 radical (unpaired) electrons. The van der Waals surface area contributed by atoms with Gasteiger partial charge < -0.3 is 9.57 Å². The predicted octanol–water partition coefficient (Wildman–Crippen LogP) is 3.87. The number of carbonyl (C=O) groups excluding carboxylic acids is 2. The van der Waals surface area contributed by atoms with Crippen LogP contribution in [-0.4, -0.2) is 49.0 Å². The largest absolute Gasteiger partial charge is 0.462 e. The van der Waals surface area contributed by atoms with Gasteiger partial charge in [-0.15, -0.1) is 0 Å². The lowest BCUT2D eigenvalue weighted by Crippen LogP contribution is -2.25. The number of oxime groups is 1. The molecule has 0 unspecified atom stereocenters. The van der Waals surface area contributed by atoms with Crippen LogP contribution in [0.25, 0.3) is 0 Å². The van der Waals surface area contributed by atoms with Crippen LogP contribution in [0.15, 0.2) is 34.3 Å². The van der Waals surface area contributed by atoms with E-state index in [-0.39, 0.29) is 33.7 Å². The number of nitrogens with zero attached hydrogens (tertiary/aromatic N) is 2. The Balaban J connectivity index is 1.57. The molecule has 182 valence electrons. The monoisotopic (exact) mass is 505 g/mol.